The van der Waals surface area contributed by atoms with E-state index in [1.165, 1.54) is 0 Å². The van der Waals surface area contributed by atoms with Gasteiger partial charge in [-0.05, 0) is 52.8 Å². The minimum atomic E-state index is 0.292. The number of hydrogen-bond acceptors (Lipinski definition) is 4. The van der Waals surface area contributed by atoms with Gasteiger partial charge in [-0.1, -0.05) is 0 Å². The van der Waals surface area contributed by atoms with Gasteiger partial charge >= 0.3 is 0 Å². The van der Waals surface area contributed by atoms with E-state index in [0.29, 0.717) is 11.8 Å². The van der Waals surface area contributed by atoms with Crippen LogP contribution in [0, 0.1) is 20.8 Å². The van der Waals surface area contributed by atoms with Crippen LogP contribution >= 0.6 is 0 Å². The lowest BCUT2D eigenvalue weighted by Gasteiger charge is -2.12. The van der Waals surface area contributed by atoms with Gasteiger partial charge in [0, 0.05) is 17.4 Å². The molecule has 0 spiro atoms. The van der Waals surface area contributed by atoms with Crippen LogP contribution in [0.5, 0.6) is 0 Å². The molecule has 0 aromatic carbocycles. The Kier molecular flexibility index (Phi) is 3.20. The van der Waals surface area contributed by atoms with E-state index in [0.717, 1.165) is 34.4 Å². The molecule has 0 saturated heterocycles. The molecule has 5 heteroatoms. The van der Waals surface area contributed by atoms with E-state index in [1.54, 1.807) is 0 Å². The Hall–Kier alpha value is -2.30. The van der Waals surface area contributed by atoms with E-state index < -0.39 is 0 Å². The number of imidazole rings is 1. The Balaban J connectivity index is 2.30. The van der Waals surface area contributed by atoms with Gasteiger partial charge in [-0.2, -0.15) is 0 Å². The minimum absolute atomic E-state index is 0.292. The van der Waals surface area contributed by atoms with Gasteiger partial charge in [-0.25, -0.2) is 9.97 Å². The standard InChI is InChI=1S/C16H20N4O/c1-9(2)17-15-14(13-7-6-12(5)21-13)19-16-18-10(3)8-11(4)20(15)16/h6-9,17H,1-5H3. The fourth-order valence-corrected chi connectivity index (χ4v) is 2.51. The lowest BCUT2D eigenvalue weighted by atomic mass is 10.3. The van der Waals surface area contributed by atoms with Crippen molar-refractivity contribution in [2.75, 3.05) is 5.32 Å². The maximum atomic E-state index is 5.75. The molecule has 0 aliphatic carbocycles. The first-order valence-electron chi connectivity index (χ1n) is 7.15. The maximum absolute atomic E-state index is 5.75. The van der Waals surface area contributed by atoms with E-state index in [-0.39, 0.29) is 0 Å². The molecule has 21 heavy (non-hydrogen) atoms. The molecule has 0 saturated carbocycles. The van der Waals surface area contributed by atoms with E-state index in [9.17, 15) is 0 Å². The fourth-order valence-electron chi connectivity index (χ4n) is 2.51. The second-order valence-corrected chi connectivity index (χ2v) is 5.69. The fraction of sp³-hybridized carbons (Fsp3) is 0.375. The maximum Gasteiger partial charge on any atom is 0.236 e. The number of furan rings is 1. The lowest BCUT2D eigenvalue weighted by molar-refractivity contribution is 0.547. The van der Waals surface area contributed by atoms with Gasteiger partial charge in [0.15, 0.2) is 11.5 Å². The molecule has 0 bridgehead atoms. The van der Waals surface area contributed by atoms with Crippen molar-refractivity contribution in [3.8, 4) is 11.5 Å². The summed E-state index contributed by atoms with van der Waals surface area (Å²) in [5.74, 6) is 3.26. The summed E-state index contributed by atoms with van der Waals surface area (Å²) >= 11 is 0. The molecule has 0 aliphatic rings. The Labute approximate surface area is 124 Å². The number of rotatable bonds is 3. The summed E-state index contributed by atoms with van der Waals surface area (Å²) in [6, 6.07) is 6.24. The molecule has 3 aromatic rings. The van der Waals surface area contributed by atoms with E-state index in [2.05, 4.69) is 42.1 Å². The van der Waals surface area contributed by atoms with Crippen LogP contribution in [0.1, 0.15) is 31.0 Å². The highest BCUT2D eigenvalue weighted by atomic mass is 16.3. The van der Waals surface area contributed by atoms with Crippen LogP contribution < -0.4 is 5.32 Å². The number of nitrogens with zero attached hydrogens (tertiary/aromatic N) is 3. The predicted octanol–water partition coefficient (Wildman–Crippen LogP) is 3.73. The Morgan fingerprint density at radius 3 is 2.52 bits per heavy atom. The van der Waals surface area contributed by atoms with Crippen molar-refractivity contribution in [2.24, 2.45) is 0 Å². The Morgan fingerprint density at radius 1 is 1.14 bits per heavy atom. The van der Waals surface area contributed by atoms with Gasteiger partial charge < -0.3 is 9.73 Å². The van der Waals surface area contributed by atoms with Crippen LogP contribution in [-0.4, -0.2) is 20.4 Å². The summed E-state index contributed by atoms with van der Waals surface area (Å²) in [7, 11) is 0. The molecular weight excluding hydrogens is 264 g/mol. The smallest absolute Gasteiger partial charge is 0.236 e. The normalized spacial score (nSPS) is 11.5. The average Bonchev–Trinajstić information content (AvgIpc) is 2.93. The number of fused-ring (bicyclic) bond motifs is 1. The first-order chi connectivity index (χ1) is 9.95. The summed E-state index contributed by atoms with van der Waals surface area (Å²) in [6.45, 7) is 10.2. The Morgan fingerprint density at radius 2 is 1.90 bits per heavy atom. The first-order valence-corrected chi connectivity index (χ1v) is 7.15. The van der Waals surface area contributed by atoms with Crippen molar-refractivity contribution in [2.45, 2.75) is 40.7 Å². The molecule has 5 nitrogen and oxygen atoms in total. The summed E-state index contributed by atoms with van der Waals surface area (Å²) in [5, 5.41) is 3.46. The molecular formula is C16H20N4O. The highest BCUT2D eigenvalue weighted by Gasteiger charge is 2.19. The number of hydrogen-bond donors (Lipinski definition) is 1. The number of nitrogens with one attached hydrogen (secondary N) is 1. The highest BCUT2D eigenvalue weighted by molar-refractivity contribution is 5.73. The molecule has 0 amide bonds. The zero-order chi connectivity index (χ0) is 15.1. The zero-order valence-electron chi connectivity index (χ0n) is 13.1. The molecule has 1 N–H and O–H groups in total. The SMILES string of the molecule is Cc1cc(C)n2c(NC(C)C)c(-c3ccc(C)o3)nc2n1. The summed E-state index contributed by atoms with van der Waals surface area (Å²) in [4.78, 5) is 9.19. The van der Waals surface area contributed by atoms with Crippen LogP contribution in [0.15, 0.2) is 22.6 Å². The highest BCUT2D eigenvalue weighted by Crippen LogP contribution is 2.31. The van der Waals surface area contributed by atoms with Crippen molar-refractivity contribution in [1.29, 1.82) is 0 Å². The van der Waals surface area contributed by atoms with E-state index in [4.69, 9.17) is 4.42 Å². The van der Waals surface area contributed by atoms with Crippen LogP contribution in [0.4, 0.5) is 5.82 Å². The number of aryl methyl sites for hydroxylation is 3. The van der Waals surface area contributed by atoms with Gasteiger partial charge in [0.1, 0.15) is 11.6 Å². The third kappa shape index (κ3) is 2.39. The van der Waals surface area contributed by atoms with Crippen LogP contribution in [0.2, 0.25) is 0 Å². The van der Waals surface area contributed by atoms with Crippen LogP contribution in [0.3, 0.4) is 0 Å². The van der Waals surface area contributed by atoms with Gasteiger partial charge in [-0.3, -0.25) is 4.40 Å². The molecule has 3 heterocycles. The molecule has 3 aromatic heterocycles. The van der Waals surface area contributed by atoms with E-state index >= 15 is 0 Å². The lowest BCUT2D eigenvalue weighted by Crippen LogP contribution is -2.13. The second kappa shape index (κ2) is 4.91. The van der Waals surface area contributed by atoms with Gasteiger partial charge in [0.2, 0.25) is 5.78 Å². The molecule has 3 rings (SSSR count). The van der Waals surface area contributed by atoms with Gasteiger partial charge in [-0.15, -0.1) is 0 Å². The van der Waals surface area contributed by atoms with Crippen molar-refractivity contribution in [1.82, 2.24) is 14.4 Å². The van der Waals surface area contributed by atoms with Crippen molar-refractivity contribution in [3.63, 3.8) is 0 Å². The van der Waals surface area contributed by atoms with Gasteiger partial charge in [0.25, 0.3) is 0 Å². The molecule has 110 valence electrons. The first kappa shape index (κ1) is 13.7. The Bertz CT molecular complexity index is 798. The summed E-state index contributed by atoms with van der Waals surface area (Å²) < 4.78 is 7.79. The minimum Gasteiger partial charge on any atom is -0.460 e. The third-order valence-corrected chi connectivity index (χ3v) is 3.31. The average molecular weight is 284 g/mol. The summed E-state index contributed by atoms with van der Waals surface area (Å²) in [5.41, 5.74) is 2.86. The van der Waals surface area contributed by atoms with E-state index in [1.807, 2.05) is 30.4 Å². The summed E-state index contributed by atoms with van der Waals surface area (Å²) in [6.07, 6.45) is 0. The number of aromatic nitrogens is 3. The molecule has 0 atom stereocenters. The van der Waals surface area contributed by atoms with Crippen LogP contribution in [0.25, 0.3) is 17.2 Å². The number of anilines is 1. The second-order valence-electron chi connectivity index (χ2n) is 5.69. The quantitative estimate of drug-likeness (QED) is 0.796. The molecule has 0 unspecified atom stereocenters. The van der Waals surface area contributed by atoms with Crippen molar-refractivity contribution >= 4 is 11.6 Å². The van der Waals surface area contributed by atoms with Crippen LogP contribution in [-0.2, 0) is 0 Å². The zero-order valence-corrected chi connectivity index (χ0v) is 13.1. The van der Waals surface area contributed by atoms with Gasteiger partial charge in [0.05, 0.1) is 0 Å². The molecule has 0 aliphatic heterocycles. The predicted molar refractivity (Wildman–Crippen MR) is 83.7 cm³/mol. The topological polar surface area (TPSA) is 55.4 Å². The molecule has 0 radical (unpaired) electrons. The third-order valence-electron chi connectivity index (χ3n) is 3.31. The largest absolute Gasteiger partial charge is 0.460 e. The monoisotopic (exact) mass is 284 g/mol. The van der Waals surface area contributed by atoms with Crippen molar-refractivity contribution < 1.29 is 4.42 Å². The van der Waals surface area contributed by atoms with Crippen molar-refractivity contribution in [3.05, 3.63) is 35.3 Å². The molecule has 0 fully saturated rings.